The monoisotopic (exact) mass is 281 g/mol. The maximum Gasteiger partial charge on any atom is 0.230 e. The van der Waals surface area contributed by atoms with E-state index in [4.69, 9.17) is 10.3 Å². The lowest BCUT2D eigenvalue weighted by molar-refractivity contribution is 0.439. The predicted octanol–water partition coefficient (Wildman–Crippen LogP) is 2.65. The van der Waals surface area contributed by atoms with Crippen molar-refractivity contribution in [2.45, 2.75) is 20.3 Å². The van der Waals surface area contributed by atoms with Crippen molar-refractivity contribution in [1.82, 2.24) is 20.3 Å². The standard InChI is InChI=1S/C15H15N5O/c1-3-12-11(7-9(2)18-19-12)14-13(15(16)21-20-14)10-5-4-6-17-8-10/h4-8H,3,16H2,1-2H3. The van der Waals surface area contributed by atoms with Crippen LogP contribution in [0.4, 0.5) is 5.88 Å². The Morgan fingerprint density at radius 2 is 2.14 bits per heavy atom. The van der Waals surface area contributed by atoms with Crippen LogP contribution in [0.15, 0.2) is 35.1 Å². The summed E-state index contributed by atoms with van der Waals surface area (Å²) in [4.78, 5) is 4.12. The number of nitrogen functional groups attached to an aromatic ring is 1. The predicted molar refractivity (Wildman–Crippen MR) is 79.3 cm³/mol. The van der Waals surface area contributed by atoms with Crippen LogP contribution in [0, 0.1) is 6.92 Å². The maximum atomic E-state index is 5.95. The van der Waals surface area contributed by atoms with Gasteiger partial charge < -0.3 is 10.3 Å². The fraction of sp³-hybridized carbons (Fsp3) is 0.200. The van der Waals surface area contributed by atoms with Gasteiger partial charge in [-0.15, -0.1) is 0 Å². The van der Waals surface area contributed by atoms with Crippen molar-refractivity contribution in [2.24, 2.45) is 0 Å². The van der Waals surface area contributed by atoms with Crippen molar-refractivity contribution in [3.63, 3.8) is 0 Å². The number of aryl methyl sites for hydroxylation is 2. The van der Waals surface area contributed by atoms with Gasteiger partial charge in [-0.05, 0) is 25.5 Å². The molecule has 0 bridgehead atoms. The van der Waals surface area contributed by atoms with Gasteiger partial charge in [-0.3, -0.25) is 4.98 Å². The number of aromatic nitrogens is 4. The molecule has 6 heteroatoms. The summed E-state index contributed by atoms with van der Waals surface area (Å²) >= 11 is 0. The number of pyridine rings is 1. The SMILES string of the molecule is CCc1nnc(C)cc1-c1noc(N)c1-c1cccnc1. The van der Waals surface area contributed by atoms with Gasteiger partial charge >= 0.3 is 0 Å². The molecular formula is C15H15N5O. The fourth-order valence-corrected chi connectivity index (χ4v) is 2.26. The lowest BCUT2D eigenvalue weighted by Gasteiger charge is -2.06. The average molecular weight is 281 g/mol. The van der Waals surface area contributed by atoms with Gasteiger partial charge in [0.2, 0.25) is 5.88 Å². The molecule has 0 spiro atoms. The van der Waals surface area contributed by atoms with Gasteiger partial charge in [-0.1, -0.05) is 18.1 Å². The first-order chi connectivity index (χ1) is 10.2. The van der Waals surface area contributed by atoms with Crippen LogP contribution < -0.4 is 5.73 Å². The molecule has 0 radical (unpaired) electrons. The van der Waals surface area contributed by atoms with E-state index in [1.807, 2.05) is 32.0 Å². The zero-order valence-corrected chi connectivity index (χ0v) is 11.9. The Bertz CT molecular complexity index is 767. The third-order valence-corrected chi connectivity index (χ3v) is 3.25. The highest BCUT2D eigenvalue weighted by Gasteiger charge is 2.20. The minimum Gasteiger partial charge on any atom is -0.367 e. The molecule has 2 N–H and O–H groups in total. The van der Waals surface area contributed by atoms with Gasteiger partial charge in [0.1, 0.15) is 5.69 Å². The first-order valence-corrected chi connectivity index (χ1v) is 6.69. The van der Waals surface area contributed by atoms with Crippen LogP contribution in [-0.4, -0.2) is 20.3 Å². The maximum absolute atomic E-state index is 5.95. The Labute approximate surface area is 122 Å². The Morgan fingerprint density at radius 3 is 2.86 bits per heavy atom. The molecule has 21 heavy (non-hydrogen) atoms. The van der Waals surface area contributed by atoms with Gasteiger partial charge in [0.25, 0.3) is 0 Å². The molecule has 0 aliphatic heterocycles. The molecule has 0 saturated heterocycles. The molecule has 3 rings (SSSR count). The second-order valence-electron chi connectivity index (χ2n) is 4.71. The highest BCUT2D eigenvalue weighted by molar-refractivity contribution is 5.87. The van der Waals surface area contributed by atoms with E-state index in [1.165, 1.54) is 0 Å². The van der Waals surface area contributed by atoms with E-state index in [-0.39, 0.29) is 5.88 Å². The molecule has 3 aromatic heterocycles. The van der Waals surface area contributed by atoms with Crippen LogP contribution in [0.2, 0.25) is 0 Å². The van der Waals surface area contributed by atoms with Crippen molar-refractivity contribution in [3.8, 4) is 22.4 Å². The second kappa shape index (κ2) is 5.32. The molecule has 6 nitrogen and oxygen atoms in total. The van der Waals surface area contributed by atoms with Gasteiger partial charge in [-0.25, -0.2) is 0 Å². The highest BCUT2D eigenvalue weighted by atomic mass is 16.5. The lowest BCUT2D eigenvalue weighted by atomic mass is 10.0. The Hall–Kier alpha value is -2.76. The molecule has 0 aliphatic carbocycles. The summed E-state index contributed by atoms with van der Waals surface area (Å²) < 4.78 is 5.20. The van der Waals surface area contributed by atoms with Crippen LogP contribution in [0.25, 0.3) is 22.4 Å². The quantitative estimate of drug-likeness (QED) is 0.793. The molecule has 0 amide bonds. The molecule has 0 aliphatic rings. The smallest absolute Gasteiger partial charge is 0.230 e. The third kappa shape index (κ3) is 2.35. The molecular weight excluding hydrogens is 266 g/mol. The van der Waals surface area contributed by atoms with Gasteiger partial charge in [0, 0.05) is 23.5 Å². The molecule has 0 saturated carbocycles. The van der Waals surface area contributed by atoms with Crippen LogP contribution in [0.5, 0.6) is 0 Å². The van der Waals surface area contributed by atoms with Crippen LogP contribution in [0.3, 0.4) is 0 Å². The fourth-order valence-electron chi connectivity index (χ4n) is 2.26. The van der Waals surface area contributed by atoms with Crippen molar-refractivity contribution in [3.05, 3.63) is 42.0 Å². The summed E-state index contributed by atoms with van der Waals surface area (Å²) in [5.74, 6) is 0.273. The number of rotatable bonds is 3. The van der Waals surface area contributed by atoms with Crippen molar-refractivity contribution in [2.75, 3.05) is 5.73 Å². The molecule has 3 heterocycles. The number of hydrogen-bond acceptors (Lipinski definition) is 6. The number of anilines is 1. The molecule has 0 aromatic carbocycles. The van der Waals surface area contributed by atoms with Crippen LogP contribution in [0.1, 0.15) is 18.3 Å². The van der Waals surface area contributed by atoms with E-state index in [0.717, 1.165) is 34.5 Å². The van der Waals surface area contributed by atoms with Crippen molar-refractivity contribution >= 4 is 5.88 Å². The summed E-state index contributed by atoms with van der Waals surface area (Å²) in [6, 6.07) is 5.72. The first-order valence-electron chi connectivity index (χ1n) is 6.69. The Balaban J connectivity index is 2.24. The number of nitrogens with two attached hydrogens (primary N) is 1. The second-order valence-corrected chi connectivity index (χ2v) is 4.71. The molecule has 3 aromatic rings. The van der Waals surface area contributed by atoms with E-state index >= 15 is 0 Å². The van der Waals surface area contributed by atoms with E-state index in [1.54, 1.807) is 12.4 Å². The summed E-state index contributed by atoms with van der Waals surface area (Å²) in [5.41, 5.74) is 10.8. The average Bonchev–Trinajstić information content (AvgIpc) is 2.89. The van der Waals surface area contributed by atoms with Crippen molar-refractivity contribution < 1.29 is 4.52 Å². The summed E-state index contributed by atoms with van der Waals surface area (Å²) in [6.45, 7) is 3.92. The Kier molecular flexibility index (Phi) is 3.35. The zero-order chi connectivity index (χ0) is 14.8. The first kappa shape index (κ1) is 13.2. The Morgan fingerprint density at radius 1 is 1.29 bits per heavy atom. The van der Waals surface area contributed by atoms with Crippen molar-refractivity contribution in [1.29, 1.82) is 0 Å². The highest BCUT2D eigenvalue weighted by Crippen LogP contribution is 2.36. The van der Waals surface area contributed by atoms with E-state index < -0.39 is 0 Å². The van der Waals surface area contributed by atoms with E-state index in [0.29, 0.717) is 5.69 Å². The third-order valence-electron chi connectivity index (χ3n) is 3.25. The number of nitrogens with zero attached hydrogens (tertiary/aromatic N) is 4. The minimum absolute atomic E-state index is 0.273. The zero-order valence-electron chi connectivity index (χ0n) is 11.9. The largest absolute Gasteiger partial charge is 0.367 e. The topological polar surface area (TPSA) is 90.7 Å². The number of hydrogen-bond donors (Lipinski definition) is 1. The van der Waals surface area contributed by atoms with E-state index in [9.17, 15) is 0 Å². The molecule has 0 fully saturated rings. The lowest BCUT2D eigenvalue weighted by Crippen LogP contribution is -1.98. The normalized spacial score (nSPS) is 10.8. The van der Waals surface area contributed by atoms with Gasteiger partial charge in [0.05, 0.1) is 17.0 Å². The van der Waals surface area contributed by atoms with Gasteiger partial charge in [-0.2, -0.15) is 10.2 Å². The summed E-state index contributed by atoms with van der Waals surface area (Å²) in [6.07, 6.45) is 4.20. The van der Waals surface area contributed by atoms with Crippen LogP contribution in [-0.2, 0) is 6.42 Å². The summed E-state index contributed by atoms with van der Waals surface area (Å²) in [5, 5.41) is 12.4. The van der Waals surface area contributed by atoms with E-state index in [2.05, 4.69) is 20.3 Å². The molecule has 106 valence electrons. The summed E-state index contributed by atoms with van der Waals surface area (Å²) in [7, 11) is 0. The minimum atomic E-state index is 0.273. The molecule has 0 unspecified atom stereocenters. The molecule has 0 atom stereocenters. The van der Waals surface area contributed by atoms with Gasteiger partial charge in [0.15, 0.2) is 0 Å². The van der Waals surface area contributed by atoms with Crippen LogP contribution >= 0.6 is 0 Å².